The van der Waals surface area contributed by atoms with Crippen LogP contribution in [0.5, 0.6) is 17.2 Å². The number of nitrogen functional groups attached to an aromatic ring is 2. The highest BCUT2D eigenvalue weighted by molar-refractivity contribution is 6.09. The number of nitrogens with zero attached hydrogens (tertiary/aromatic N) is 4. The first kappa shape index (κ1) is 37.7. The molecule has 4 aromatic carbocycles. The van der Waals surface area contributed by atoms with Gasteiger partial charge in [-0.25, -0.2) is 4.39 Å². The number of hydrogen-bond acceptors (Lipinski definition) is 11. The number of nitrogens with two attached hydrogens (primary N) is 2. The summed E-state index contributed by atoms with van der Waals surface area (Å²) >= 11 is 0. The number of methoxy groups -OCH3 is 3. The van der Waals surface area contributed by atoms with E-state index in [-0.39, 0.29) is 34.5 Å². The lowest BCUT2D eigenvalue weighted by atomic mass is 9.99. The minimum Gasteiger partial charge on any atom is -0.497 e. The average Bonchev–Trinajstić information content (AvgIpc) is 3.19. The molecule has 0 spiro atoms. The van der Waals surface area contributed by atoms with Gasteiger partial charge in [0.25, 0.3) is 11.8 Å². The molecular weight excluding hydrogens is 679 g/mol. The van der Waals surface area contributed by atoms with Gasteiger partial charge in [-0.05, 0) is 43.2 Å². The molecule has 0 saturated carbocycles. The molecule has 0 aliphatic carbocycles. The van der Waals surface area contributed by atoms with Crippen LogP contribution in [0.1, 0.15) is 47.7 Å². The number of ether oxygens (including phenoxy) is 3. The van der Waals surface area contributed by atoms with Crippen LogP contribution in [0.3, 0.4) is 0 Å². The molecule has 0 radical (unpaired) electrons. The van der Waals surface area contributed by atoms with E-state index in [0.29, 0.717) is 63.4 Å². The first-order valence-electron chi connectivity index (χ1n) is 16.9. The first-order chi connectivity index (χ1) is 25.7. The number of carbonyl (C=O) groups excluding carboxylic acids is 2. The summed E-state index contributed by atoms with van der Waals surface area (Å²) < 4.78 is 30.6. The number of rotatable bonds is 11. The number of halogens is 1. The van der Waals surface area contributed by atoms with Crippen molar-refractivity contribution in [3.05, 3.63) is 90.0 Å². The molecule has 0 aliphatic rings. The Bertz CT molecular complexity index is 2280. The Morgan fingerprint density at radius 2 is 1.17 bits per heavy atom. The van der Waals surface area contributed by atoms with Crippen LogP contribution in [-0.2, 0) is 0 Å². The Morgan fingerprint density at radius 3 is 1.70 bits per heavy atom. The van der Waals surface area contributed by atoms with Gasteiger partial charge in [0.1, 0.15) is 34.1 Å². The van der Waals surface area contributed by atoms with Crippen LogP contribution in [0.15, 0.2) is 72.8 Å². The third-order valence-electron chi connectivity index (χ3n) is 8.33. The van der Waals surface area contributed by atoms with E-state index in [1.54, 1.807) is 44.6 Å². The third-order valence-corrected chi connectivity index (χ3v) is 8.33. The Morgan fingerprint density at radius 1 is 0.642 bits per heavy atom. The predicted octanol–water partition coefficient (Wildman–Crippen LogP) is 6.20. The number of benzene rings is 4. The van der Waals surface area contributed by atoms with Crippen LogP contribution in [-0.4, -0.2) is 66.6 Å². The number of fused-ring (bicyclic) bond motifs is 2. The van der Waals surface area contributed by atoms with Crippen LogP contribution in [0.4, 0.5) is 15.8 Å². The lowest BCUT2D eigenvalue weighted by Crippen LogP contribution is -2.26. The first-order valence-corrected chi connectivity index (χ1v) is 16.9. The van der Waals surface area contributed by atoms with E-state index in [2.05, 4.69) is 31.0 Å². The van der Waals surface area contributed by atoms with Gasteiger partial charge in [0.05, 0.1) is 38.3 Å². The van der Waals surface area contributed by atoms with E-state index in [0.717, 1.165) is 24.0 Å². The molecule has 6 rings (SSSR count). The van der Waals surface area contributed by atoms with Crippen LogP contribution < -0.4 is 36.3 Å². The summed E-state index contributed by atoms with van der Waals surface area (Å²) in [5.74, 6) is 0.595. The van der Waals surface area contributed by atoms with E-state index in [1.807, 2.05) is 50.2 Å². The van der Waals surface area contributed by atoms with Gasteiger partial charge in [-0.3, -0.25) is 9.59 Å². The summed E-state index contributed by atoms with van der Waals surface area (Å²) in [5.41, 5.74) is 16.5. The monoisotopic (exact) mass is 720 g/mol. The second kappa shape index (κ2) is 17.1. The molecule has 2 amide bonds. The zero-order valence-electron chi connectivity index (χ0n) is 30.1. The normalized spacial score (nSPS) is 10.7. The summed E-state index contributed by atoms with van der Waals surface area (Å²) in [6.07, 6.45) is 1.62. The number of nitrogens with one attached hydrogen (secondary N) is 2. The fraction of sp³-hybridized carbons (Fsp3) is 0.231. The zero-order chi connectivity index (χ0) is 38.1. The summed E-state index contributed by atoms with van der Waals surface area (Å²) in [4.78, 5) is 24.5. The van der Waals surface area contributed by atoms with Gasteiger partial charge in [-0.1, -0.05) is 56.3 Å². The number of amides is 2. The Kier molecular flexibility index (Phi) is 12.2. The highest BCUT2D eigenvalue weighted by Crippen LogP contribution is 2.39. The Balaban J connectivity index is 0.000000204. The van der Waals surface area contributed by atoms with Gasteiger partial charge < -0.3 is 36.3 Å². The van der Waals surface area contributed by atoms with Crippen molar-refractivity contribution in [1.82, 2.24) is 31.0 Å². The molecule has 14 heteroatoms. The molecule has 2 heterocycles. The summed E-state index contributed by atoms with van der Waals surface area (Å²) in [6.45, 7) is 5.00. The van der Waals surface area contributed by atoms with Crippen molar-refractivity contribution in [2.45, 2.75) is 26.7 Å². The van der Waals surface area contributed by atoms with E-state index in [1.165, 1.54) is 13.2 Å². The van der Waals surface area contributed by atoms with E-state index in [9.17, 15) is 14.0 Å². The molecule has 13 nitrogen and oxygen atoms in total. The van der Waals surface area contributed by atoms with Gasteiger partial charge in [-0.15, -0.1) is 20.4 Å². The van der Waals surface area contributed by atoms with E-state index >= 15 is 0 Å². The number of aromatic nitrogens is 4. The van der Waals surface area contributed by atoms with Crippen molar-refractivity contribution in [3.8, 4) is 39.5 Å². The summed E-state index contributed by atoms with van der Waals surface area (Å²) in [5, 5.41) is 23.2. The number of carbonyl (C=O) groups is 2. The molecule has 274 valence electrons. The topological polar surface area (TPSA) is 189 Å². The number of anilines is 2. The molecule has 2 aromatic heterocycles. The highest BCUT2D eigenvalue weighted by Gasteiger charge is 2.21. The largest absolute Gasteiger partial charge is 0.497 e. The minimum atomic E-state index is -0.443. The second-order valence-corrected chi connectivity index (χ2v) is 11.7. The van der Waals surface area contributed by atoms with Crippen molar-refractivity contribution in [3.63, 3.8) is 0 Å². The number of hydrogen-bond donors (Lipinski definition) is 4. The predicted molar refractivity (Wildman–Crippen MR) is 204 cm³/mol. The molecule has 0 atom stereocenters. The Labute approximate surface area is 305 Å². The van der Waals surface area contributed by atoms with Gasteiger partial charge >= 0.3 is 0 Å². The van der Waals surface area contributed by atoms with Crippen LogP contribution >= 0.6 is 0 Å². The summed E-state index contributed by atoms with van der Waals surface area (Å²) in [7, 11) is 4.68. The lowest BCUT2D eigenvalue weighted by Gasteiger charge is -2.13. The molecule has 0 bridgehead atoms. The smallest absolute Gasteiger partial charge is 0.273 e. The van der Waals surface area contributed by atoms with E-state index in [4.69, 9.17) is 25.7 Å². The quantitative estimate of drug-likeness (QED) is 0.119. The zero-order valence-corrected chi connectivity index (χ0v) is 30.1. The maximum Gasteiger partial charge on any atom is 0.273 e. The van der Waals surface area contributed by atoms with Crippen LogP contribution in [0, 0.1) is 5.82 Å². The van der Waals surface area contributed by atoms with Gasteiger partial charge in [0, 0.05) is 40.6 Å². The average molecular weight is 721 g/mol. The molecule has 0 aliphatic heterocycles. The van der Waals surface area contributed by atoms with Crippen molar-refractivity contribution in [1.29, 1.82) is 0 Å². The van der Waals surface area contributed by atoms with Crippen molar-refractivity contribution >= 4 is 45.0 Å². The summed E-state index contributed by atoms with van der Waals surface area (Å²) in [6, 6.07) is 20.9. The molecule has 6 N–H and O–H groups in total. The molecule has 6 aromatic rings. The molecule has 0 unspecified atom stereocenters. The SMILES string of the molecule is CCCNC(=O)c1nnc2c(-c3c(F)cccc3OC)cccc2c1N.CCCNC(=O)c1nnc2c(-c3cc(OC)ccc3OC)cccc2c1N. The maximum atomic E-state index is 14.5. The molecule has 0 fully saturated rings. The van der Waals surface area contributed by atoms with Gasteiger partial charge in [0.2, 0.25) is 0 Å². The molecule has 0 saturated heterocycles. The minimum absolute atomic E-state index is 0.0589. The molecular formula is C39H41FN8O5. The standard InChI is InChI=1S/C20H22N4O3.C19H19FN4O2/c1-4-10-22-20(25)19-17(21)14-7-5-6-13(18(14)23-24-19)15-11-12(26-2)8-9-16(15)27-3;1-3-10-22-19(25)18-16(21)12-7-4-6-11(17(12)23-24-18)15-13(20)8-5-9-14(15)26-2/h5-9,11H,4,10H2,1-3H3,(H2,21,23)(H,22,25);4-9H,3,10H2,1-2H3,(H2,21,23)(H,22,25). The van der Waals surface area contributed by atoms with Gasteiger partial charge in [0.15, 0.2) is 11.4 Å². The fourth-order valence-corrected chi connectivity index (χ4v) is 5.66. The third kappa shape index (κ3) is 7.86. The fourth-order valence-electron chi connectivity index (χ4n) is 5.66. The van der Waals surface area contributed by atoms with Crippen molar-refractivity contribution < 1.29 is 28.2 Å². The highest BCUT2D eigenvalue weighted by atomic mass is 19.1. The Hall–Kier alpha value is -6.57. The van der Waals surface area contributed by atoms with Crippen LogP contribution in [0.2, 0.25) is 0 Å². The second-order valence-electron chi connectivity index (χ2n) is 11.7. The van der Waals surface area contributed by atoms with Gasteiger partial charge in [-0.2, -0.15) is 0 Å². The molecule has 53 heavy (non-hydrogen) atoms. The maximum absolute atomic E-state index is 14.5. The lowest BCUT2D eigenvalue weighted by molar-refractivity contribution is 0.0940. The van der Waals surface area contributed by atoms with Crippen molar-refractivity contribution in [2.24, 2.45) is 0 Å². The van der Waals surface area contributed by atoms with Crippen molar-refractivity contribution in [2.75, 3.05) is 45.9 Å². The van der Waals surface area contributed by atoms with E-state index < -0.39 is 5.82 Å². The van der Waals surface area contributed by atoms with Crippen LogP contribution in [0.25, 0.3) is 44.1 Å².